The first-order valence-electron chi connectivity index (χ1n) is 7.48. The fraction of sp³-hybridized carbons (Fsp3) is 0.235. The Morgan fingerprint density at radius 2 is 1.79 bits per heavy atom. The summed E-state index contributed by atoms with van der Waals surface area (Å²) in [5.74, 6) is 0.700. The zero-order valence-electron chi connectivity index (χ0n) is 13.1. The Labute approximate surface area is 155 Å². The lowest BCUT2D eigenvalue weighted by molar-refractivity contribution is 0.540. The Morgan fingerprint density at radius 3 is 2.46 bits per heavy atom. The van der Waals surface area contributed by atoms with Gasteiger partial charge < -0.3 is 0 Å². The van der Waals surface area contributed by atoms with Crippen molar-refractivity contribution in [1.82, 2.24) is 4.31 Å². The molecule has 4 nitrogen and oxygen atoms in total. The van der Waals surface area contributed by atoms with E-state index in [0.29, 0.717) is 24.0 Å². The van der Waals surface area contributed by atoms with Crippen molar-refractivity contribution in [2.24, 2.45) is 4.99 Å². The summed E-state index contributed by atoms with van der Waals surface area (Å²) >= 11 is 4.79. The molecular weight excluding hydrogens is 408 g/mol. The van der Waals surface area contributed by atoms with Crippen molar-refractivity contribution in [3.63, 3.8) is 0 Å². The first-order chi connectivity index (χ1) is 11.5. The van der Waals surface area contributed by atoms with Crippen LogP contribution in [0.4, 0.5) is 0 Å². The topological polar surface area (TPSA) is 49.7 Å². The molecule has 0 spiro atoms. The Kier molecular flexibility index (Phi) is 5.32. The number of benzene rings is 2. The molecule has 7 heteroatoms. The molecule has 0 aliphatic carbocycles. The highest BCUT2D eigenvalue weighted by Crippen LogP contribution is 2.26. The van der Waals surface area contributed by atoms with Crippen LogP contribution in [-0.2, 0) is 15.8 Å². The Bertz CT molecular complexity index is 847. The first-order valence-corrected chi connectivity index (χ1v) is 10.7. The molecule has 0 saturated heterocycles. The highest BCUT2D eigenvalue weighted by molar-refractivity contribution is 9.10. The van der Waals surface area contributed by atoms with Crippen LogP contribution in [0.25, 0.3) is 0 Å². The second-order valence-electron chi connectivity index (χ2n) is 5.47. The minimum absolute atomic E-state index is 0.288. The maximum atomic E-state index is 12.8. The molecule has 24 heavy (non-hydrogen) atoms. The van der Waals surface area contributed by atoms with Gasteiger partial charge in [-0.05, 0) is 36.8 Å². The van der Waals surface area contributed by atoms with Crippen LogP contribution in [0.3, 0.4) is 0 Å². The van der Waals surface area contributed by atoms with Gasteiger partial charge >= 0.3 is 0 Å². The van der Waals surface area contributed by atoms with Gasteiger partial charge in [-0.2, -0.15) is 0 Å². The third-order valence-electron chi connectivity index (χ3n) is 3.65. The predicted octanol–water partition coefficient (Wildman–Crippen LogP) is 4.05. The summed E-state index contributed by atoms with van der Waals surface area (Å²) in [6.07, 6.45) is 0. The molecule has 1 aliphatic rings. The van der Waals surface area contributed by atoms with Crippen molar-refractivity contribution < 1.29 is 8.42 Å². The van der Waals surface area contributed by atoms with E-state index in [1.54, 1.807) is 24.3 Å². The molecule has 0 amide bonds. The van der Waals surface area contributed by atoms with Gasteiger partial charge in [-0.1, -0.05) is 57.5 Å². The maximum absolute atomic E-state index is 12.8. The largest absolute Gasteiger partial charge is 0.265 e. The van der Waals surface area contributed by atoms with Crippen molar-refractivity contribution in [2.45, 2.75) is 17.6 Å². The van der Waals surface area contributed by atoms with E-state index in [4.69, 9.17) is 0 Å². The molecule has 1 heterocycles. The smallest absolute Gasteiger partial charge is 0.260 e. The van der Waals surface area contributed by atoms with E-state index in [1.165, 1.54) is 21.6 Å². The van der Waals surface area contributed by atoms with Crippen molar-refractivity contribution in [2.75, 3.05) is 13.1 Å². The Hall–Kier alpha value is -1.31. The molecule has 0 fully saturated rings. The number of aliphatic imine (C=N–C) groups is 1. The molecule has 0 atom stereocenters. The van der Waals surface area contributed by atoms with Crippen LogP contribution in [0.2, 0.25) is 0 Å². The molecule has 0 aromatic heterocycles. The lowest BCUT2D eigenvalue weighted by Crippen LogP contribution is -2.32. The third kappa shape index (κ3) is 3.84. The number of hydrogen-bond donors (Lipinski definition) is 0. The van der Waals surface area contributed by atoms with Crippen LogP contribution in [0, 0.1) is 6.92 Å². The Balaban J connectivity index is 1.75. The van der Waals surface area contributed by atoms with Gasteiger partial charge in [0.05, 0.1) is 18.0 Å². The number of hydrogen-bond acceptors (Lipinski definition) is 4. The molecule has 0 bridgehead atoms. The first kappa shape index (κ1) is 17.5. The lowest BCUT2D eigenvalue weighted by atomic mass is 10.2. The third-order valence-corrected chi connectivity index (χ3v) is 7.19. The van der Waals surface area contributed by atoms with E-state index in [-0.39, 0.29) is 4.90 Å². The van der Waals surface area contributed by atoms with E-state index in [9.17, 15) is 8.42 Å². The standard InChI is InChI=1S/C17H17BrN2O2S2/c1-13-2-4-14(5-3-13)12-23-17-19-10-11-20(17)24(21,22)16-8-6-15(18)7-9-16/h2-9H,10-12H2,1H3. The Morgan fingerprint density at radius 1 is 1.12 bits per heavy atom. The molecule has 2 aromatic carbocycles. The highest BCUT2D eigenvalue weighted by Gasteiger charge is 2.30. The average molecular weight is 425 g/mol. The average Bonchev–Trinajstić information content (AvgIpc) is 3.04. The SMILES string of the molecule is Cc1ccc(CSC2=NCCN2S(=O)(=O)c2ccc(Br)cc2)cc1. The second-order valence-corrected chi connectivity index (χ2v) is 9.19. The van der Waals surface area contributed by atoms with Gasteiger partial charge in [-0.3, -0.25) is 4.99 Å². The number of thioether (sulfide) groups is 1. The van der Waals surface area contributed by atoms with Gasteiger partial charge in [0.1, 0.15) is 0 Å². The molecule has 2 aromatic rings. The molecule has 1 aliphatic heterocycles. The van der Waals surface area contributed by atoms with Crippen LogP contribution in [0.15, 0.2) is 62.9 Å². The number of sulfonamides is 1. The number of rotatable bonds is 4. The molecule has 0 unspecified atom stereocenters. The summed E-state index contributed by atoms with van der Waals surface area (Å²) in [5.41, 5.74) is 2.36. The number of halogens is 1. The van der Waals surface area contributed by atoms with Gasteiger partial charge in [0.15, 0.2) is 5.17 Å². The molecule has 0 saturated carbocycles. The van der Waals surface area contributed by atoms with Crippen LogP contribution in [0.1, 0.15) is 11.1 Å². The van der Waals surface area contributed by atoms with Gasteiger partial charge in [0.25, 0.3) is 10.0 Å². The van der Waals surface area contributed by atoms with Crippen molar-refractivity contribution >= 4 is 42.9 Å². The zero-order valence-corrected chi connectivity index (χ0v) is 16.4. The van der Waals surface area contributed by atoms with E-state index in [2.05, 4.69) is 45.2 Å². The molecule has 0 radical (unpaired) electrons. The van der Waals surface area contributed by atoms with E-state index >= 15 is 0 Å². The van der Waals surface area contributed by atoms with Crippen molar-refractivity contribution in [3.8, 4) is 0 Å². The van der Waals surface area contributed by atoms with Crippen molar-refractivity contribution in [1.29, 1.82) is 0 Å². The molecule has 0 N–H and O–H groups in total. The lowest BCUT2D eigenvalue weighted by Gasteiger charge is -2.20. The van der Waals surface area contributed by atoms with Crippen LogP contribution in [-0.4, -0.2) is 31.0 Å². The second kappa shape index (κ2) is 7.29. The maximum Gasteiger partial charge on any atom is 0.265 e. The fourth-order valence-corrected chi connectivity index (χ4v) is 5.26. The molecular formula is C17H17BrN2O2S2. The number of nitrogens with zero attached hydrogens (tertiary/aromatic N) is 2. The summed E-state index contributed by atoms with van der Waals surface area (Å²) < 4.78 is 27.9. The minimum Gasteiger partial charge on any atom is -0.260 e. The molecule has 3 rings (SSSR count). The van der Waals surface area contributed by atoms with Crippen LogP contribution < -0.4 is 0 Å². The van der Waals surface area contributed by atoms with Crippen LogP contribution in [0.5, 0.6) is 0 Å². The zero-order chi connectivity index (χ0) is 17.2. The highest BCUT2D eigenvalue weighted by atomic mass is 79.9. The minimum atomic E-state index is -3.55. The van der Waals surface area contributed by atoms with E-state index < -0.39 is 10.0 Å². The van der Waals surface area contributed by atoms with Gasteiger partial charge in [0, 0.05) is 10.2 Å². The summed E-state index contributed by atoms with van der Waals surface area (Å²) in [7, 11) is -3.55. The summed E-state index contributed by atoms with van der Waals surface area (Å²) in [4.78, 5) is 4.66. The summed E-state index contributed by atoms with van der Waals surface area (Å²) in [6.45, 7) is 2.95. The fourth-order valence-electron chi connectivity index (χ4n) is 2.32. The van der Waals surface area contributed by atoms with E-state index in [1.807, 2.05) is 6.92 Å². The quantitative estimate of drug-likeness (QED) is 0.743. The summed E-state index contributed by atoms with van der Waals surface area (Å²) in [5, 5.41) is 0.568. The van der Waals surface area contributed by atoms with Crippen molar-refractivity contribution in [3.05, 3.63) is 64.1 Å². The monoisotopic (exact) mass is 424 g/mol. The van der Waals surface area contributed by atoms with Gasteiger partial charge in [-0.15, -0.1) is 0 Å². The normalized spacial score (nSPS) is 14.8. The number of aryl methyl sites for hydroxylation is 1. The van der Waals surface area contributed by atoms with E-state index in [0.717, 1.165) is 10.0 Å². The number of amidine groups is 1. The van der Waals surface area contributed by atoms with Crippen LogP contribution >= 0.6 is 27.7 Å². The predicted molar refractivity (Wildman–Crippen MR) is 103 cm³/mol. The summed E-state index contributed by atoms with van der Waals surface area (Å²) in [6, 6.07) is 14.9. The van der Waals surface area contributed by atoms with Gasteiger partial charge in [-0.25, -0.2) is 12.7 Å². The van der Waals surface area contributed by atoms with Gasteiger partial charge in [0.2, 0.25) is 0 Å². The molecule has 126 valence electrons.